The molecule has 0 aromatic rings. The van der Waals surface area contributed by atoms with Gasteiger partial charge in [0.2, 0.25) is 0 Å². The standard InChI is InChI=1S/C12H19NO.C2H6/c1-6-10-8-13(5)9-12(3,4)14-11(10)7-2;1-2/h6-7H,1-2,8-9H2,3-5H3;1-2H3. The highest BCUT2D eigenvalue weighted by molar-refractivity contribution is 5.29. The lowest BCUT2D eigenvalue weighted by Crippen LogP contribution is -2.36. The van der Waals surface area contributed by atoms with Gasteiger partial charge in [-0.2, -0.15) is 0 Å². The second kappa shape index (κ2) is 6.54. The lowest BCUT2D eigenvalue weighted by Gasteiger charge is -2.27. The van der Waals surface area contributed by atoms with E-state index in [-0.39, 0.29) is 5.60 Å². The molecular formula is C14H25NO. The molecule has 1 aliphatic rings. The number of hydrogen-bond donors (Lipinski definition) is 0. The van der Waals surface area contributed by atoms with Gasteiger partial charge in [-0.1, -0.05) is 33.1 Å². The first-order valence-corrected chi connectivity index (χ1v) is 5.84. The Bertz CT molecular complexity index is 276. The van der Waals surface area contributed by atoms with Gasteiger partial charge in [-0.05, 0) is 27.0 Å². The highest BCUT2D eigenvalue weighted by atomic mass is 16.5. The van der Waals surface area contributed by atoms with Gasteiger partial charge in [0.05, 0.1) is 0 Å². The quantitative estimate of drug-likeness (QED) is 0.711. The normalized spacial score (nSPS) is 20.1. The number of rotatable bonds is 2. The number of ether oxygens (including phenoxy) is 1. The third-order valence-electron chi connectivity index (χ3n) is 2.23. The lowest BCUT2D eigenvalue weighted by atomic mass is 10.1. The Morgan fingerprint density at radius 2 is 1.81 bits per heavy atom. The summed E-state index contributed by atoms with van der Waals surface area (Å²) >= 11 is 0. The third kappa shape index (κ3) is 4.23. The second-order valence-electron chi connectivity index (χ2n) is 4.33. The van der Waals surface area contributed by atoms with E-state index in [1.807, 2.05) is 19.9 Å². The maximum Gasteiger partial charge on any atom is 0.124 e. The van der Waals surface area contributed by atoms with Crippen molar-refractivity contribution >= 4 is 0 Å². The smallest absolute Gasteiger partial charge is 0.124 e. The first-order valence-electron chi connectivity index (χ1n) is 5.84. The molecule has 1 aliphatic heterocycles. The maximum atomic E-state index is 5.87. The Morgan fingerprint density at radius 1 is 1.25 bits per heavy atom. The van der Waals surface area contributed by atoms with Gasteiger partial charge in [0, 0.05) is 18.7 Å². The fourth-order valence-electron chi connectivity index (χ4n) is 1.81. The molecule has 0 unspecified atom stereocenters. The summed E-state index contributed by atoms with van der Waals surface area (Å²) in [5.74, 6) is 0.856. The molecule has 0 bridgehead atoms. The van der Waals surface area contributed by atoms with Gasteiger partial charge in [0.15, 0.2) is 0 Å². The summed E-state index contributed by atoms with van der Waals surface area (Å²) in [7, 11) is 2.08. The Morgan fingerprint density at radius 3 is 2.25 bits per heavy atom. The fraction of sp³-hybridized carbons (Fsp3) is 0.571. The number of hydrogen-bond acceptors (Lipinski definition) is 2. The van der Waals surface area contributed by atoms with Crippen LogP contribution in [-0.2, 0) is 4.74 Å². The van der Waals surface area contributed by atoms with Crippen LogP contribution in [0.25, 0.3) is 0 Å². The lowest BCUT2D eigenvalue weighted by molar-refractivity contribution is 0.0262. The van der Waals surface area contributed by atoms with Crippen molar-refractivity contribution in [2.45, 2.75) is 33.3 Å². The van der Waals surface area contributed by atoms with E-state index in [9.17, 15) is 0 Å². The monoisotopic (exact) mass is 223 g/mol. The van der Waals surface area contributed by atoms with Crippen LogP contribution in [-0.4, -0.2) is 30.6 Å². The van der Waals surface area contributed by atoms with E-state index in [1.165, 1.54) is 0 Å². The van der Waals surface area contributed by atoms with Crippen LogP contribution >= 0.6 is 0 Å². The van der Waals surface area contributed by atoms with Crippen molar-refractivity contribution in [2.24, 2.45) is 0 Å². The van der Waals surface area contributed by atoms with E-state index in [1.54, 1.807) is 6.08 Å². The molecule has 0 atom stereocenters. The maximum absolute atomic E-state index is 5.87. The minimum Gasteiger partial charge on any atom is -0.486 e. The molecule has 0 aromatic carbocycles. The largest absolute Gasteiger partial charge is 0.486 e. The number of allylic oxidation sites excluding steroid dienone is 1. The van der Waals surface area contributed by atoms with Gasteiger partial charge >= 0.3 is 0 Å². The molecule has 0 N–H and O–H groups in total. The minimum atomic E-state index is -0.164. The van der Waals surface area contributed by atoms with E-state index in [2.05, 4.69) is 39.0 Å². The molecule has 0 amide bonds. The molecule has 16 heavy (non-hydrogen) atoms. The summed E-state index contributed by atoms with van der Waals surface area (Å²) in [5.41, 5.74) is 0.941. The molecule has 0 radical (unpaired) electrons. The summed E-state index contributed by atoms with van der Waals surface area (Å²) in [6, 6.07) is 0. The molecule has 2 nitrogen and oxygen atoms in total. The third-order valence-corrected chi connectivity index (χ3v) is 2.23. The van der Waals surface area contributed by atoms with Gasteiger partial charge in [0.1, 0.15) is 11.4 Å². The number of likely N-dealkylation sites (N-methyl/N-ethyl adjacent to an activating group) is 1. The van der Waals surface area contributed by atoms with Gasteiger partial charge in [-0.3, -0.25) is 4.90 Å². The van der Waals surface area contributed by atoms with Gasteiger partial charge < -0.3 is 4.74 Å². The highest BCUT2D eigenvalue weighted by Gasteiger charge is 2.26. The van der Waals surface area contributed by atoms with E-state index in [4.69, 9.17) is 4.74 Å². The summed E-state index contributed by atoms with van der Waals surface area (Å²) in [5, 5.41) is 0. The fourth-order valence-corrected chi connectivity index (χ4v) is 1.81. The first kappa shape index (κ1) is 15.0. The van der Waals surface area contributed by atoms with Crippen LogP contribution in [0.2, 0.25) is 0 Å². The van der Waals surface area contributed by atoms with Crippen molar-refractivity contribution in [3.63, 3.8) is 0 Å². The number of nitrogens with zero attached hydrogens (tertiary/aromatic N) is 1. The van der Waals surface area contributed by atoms with E-state index >= 15 is 0 Å². The summed E-state index contributed by atoms with van der Waals surface area (Å²) < 4.78 is 5.87. The minimum absolute atomic E-state index is 0.164. The molecule has 92 valence electrons. The van der Waals surface area contributed by atoms with E-state index in [0.717, 1.165) is 24.4 Å². The first-order chi connectivity index (χ1) is 7.48. The molecular weight excluding hydrogens is 198 g/mol. The molecule has 0 saturated carbocycles. The van der Waals surface area contributed by atoms with Crippen LogP contribution < -0.4 is 0 Å². The highest BCUT2D eigenvalue weighted by Crippen LogP contribution is 2.24. The zero-order chi connectivity index (χ0) is 12.8. The predicted molar refractivity (Wildman–Crippen MR) is 71.4 cm³/mol. The molecule has 0 spiro atoms. The molecule has 1 rings (SSSR count). The van der Waals surface area contributed by atoms with Crippen LogP contribution in [0.1, 0.15) is 27.7 Å². The summed E-state index contributed by atoms with van der Waals surface area (Å²) in [6.07, 6.45) is 3.60. The molecule has 1 heterocycles. The summed E-state index contributed by atoms with van der Waals surface area (Å²) in [6.45, 7) is 17.5. The topological polar surface area (TPSA) is 12.5 Å². The second-order valence-corrected chi connectivity index (χ2v) is 4.33. The molecule has 0 aromatic heterocycles. The van der Waals surface area contributed by atoms with Crippen LogP contribution in [0.15, 0.2) is 36.6 Å². The van der Waals surface area contributed by atoms with Crippen molar-refractivity contribution in [2.75, 3.05) is 20.1 Å². The van der Waals surface area contributed by atoms with Crippen LogP contribution in [0, 0.1) is 0 Å². The zero-order valence-corrected chi connectivity index (χ0v) is 11.3. The molecule has 0 aliphatic carbocycles. The Hall–Kier alpha value is -1.02. The Kier molecular flexibility index (Phi) is 6.12. The SMILES string of the molecule is C=CC1=C(C=C)OC(C)(C)CN(C)C1.CC. The predicted octanol–water partition coefficient (Wildman–Crippen LogP) is 3.38. The molecule has 0 saturated heterocycles. The van der Waals surface area contributed by atoms with Crippen molar-refractivity contribution in [3.05, 3.63) is 36.6 Å². The molecule has 2 heteroatoms. The van der Waals surface area contributed by atoms with Crippen molar-refractivity contribution in [1.82, 2.24) is 4.90 Å². The average molecular weight is 223 g/mol. The van der Waals surface area contributed by atoms with Gasteiger partial charge in [0.25, 0.3) is 0 Å². The Labute approximate surface area is 100 Å². The van der Waals surface area contributed by atoms with E-state index < -0.39 is 0 Å². The average Bonchev–Trinajstić information content (AvgIpc) is 2.35. The van der Waals surface area contributed by atoms with E-state index in [0.29, 0.717) is 0 Å². The Balaban J connectivity index is 0.00000106. The zero-order valence-electron chi connectivity index (χ0n) is 11.3. The van der Waals surface area contributed by atoms with Crippen molar-refractivity contribution in [1.29, 1.82) is 0 Å². The van der Waals surface area contributed by atoms with Gasteiger partial charge in [-0.25, -0.2) is 0 Å². The summed E-state index contributed by atoms with van der Waals surface area (Å²) in [4.78, 5) is 2.23. The van der Waals surface area contributed by atoms with Gasteiger partial charge in [-0.15, -0.1) is 0 Å². The van der Waals surface area contributed by atoms with Crippen LogP contribution in [0.5, 0.6) is 0 Å². The van der Waals surface area contributed by atoms with Crippen LogP contribution in [0.3, 0.4) is 0 Å². The van der Waals surface area contributed by atoms with Crippen LogP contribution in [0.4, 0.5) is 0 Å². The van der Waals surface area contributed by atoms with Crippen molar-refractivity contribution in [3.8, 4) is 0 Å². The van der Waals surface area contributed by atoms with Crippen molar-refractivity contribution < 1.29 is 4.74 Å². The molecule has 0 fully saturated rings.